The molecule has 1 aromatic heterocycles. The van der Waals surface area contributed by atoms with E-state index >= 15 is 0 Å². The monoisotopic (exact) mass is 363 g/mol. The van der Waals surface area contributed by atoms with Crippen molar-refractivity contribution in [2.24, 2.45) is 0 Å². The van der Waals surface area contributed by atoms with Gasteiger partial charge < -0.3 is 10.3 Å². The number of nitrogen functional groups attached to an aromatic ring is 1. The Labute approximate surface area is 136 Å². The van der Waals surface area contributed by atoms with E-state index < -0.39 is 0 Å². The SMILES string of the molecule is CCCn1c(-c2cc(N)ccc2Br)nc2cc(Cl)ccc21. The molecule has 0 aliphatic rings. The van der Waals surface area contributed by atoms with Crippen LogP contribution >= 0.6 is 27.5 Å². The van der Waals surface area contributed by atoms with Gasteiger partial charge in [0.25, 0.3) is 0 Å². The summed E-state index contributed by atoms with van der Waals surface area (Å²) in [6, 6.07) is 11.6. The Balaban J connectivity index is 2.30. The maximum Gasteiger partial charge on any atom is 0.142 e. The van der Waals surface area contributed by atoms with Crippen molar-refractivity contribution in [3.63, 3.8) is 0 Å². The van der Waals surface area contributed by atoms with E-state index in [1.807, 2.05) is 36.4 Å². The molecule has 0 radical (unpaired) electrons. The van der Waals surface area contributed by atoms with E-state index in [2.05, 4.69) is 27.4 Å². The molecule has 108 valence electrons. The van der Waals surface area contributed by atoms with E-state index in [1.54, 1.807) is 0 Å². The van der Waals surface area contributed by atoms with Gasteiger partial charge >= 0.3 is 0 Å². The number of hydrogen-bond acceptors (Lipinski definition) is 2. The molecule has 2 aromatic carbocycles. The fraction of sp³-hybridized carbons (Fsp3) is 0.188. The van der Waals surface area contributed by atoms with Gasteiger partial charge in [-0.05, 0) is 42.8 Å². The van der Waals surface area contributed by atoms with Crippen molar-refractivity contribution >= 4 is 44.3 Å². The van der Waals surface area contributed by atoms with E-state index in [0.29, 0.717) is 5.02 Å². The summed E-state index contributed by atoms with van der Waals surface area (Å²) in [6.45, 7) is 3.05. The van der Waals surface area contributed by atoms with E-state index in [9.17, 15) is 0 Å². The highest BCUT2D eigenvalue weighted by Crippen LogP contribution is 2.33. The summed E-state index contributed by atoms with van der Waals surface area (Å²) < 4.78 is 3.20. The minimum atomic E-state index is 0.696. The smallest absolute Gasteiger partial charge is 0.142 e. The van der Waals surface area contributed by atoms with Crippen LogP contribution in [0.3, 0.4) is 0 Å². The van der Waals surface area contributed by atoms with E-state index in [0.717, 1.165) is 45.5 Å². The first-order valence-corrected chi connectivity index (χ1v) is 7.98. The highest BCUT2D eigenvalue weighted by Gasteiger charge is 2.15. The van der Waals surface area contributed by atoms with Crippen LogP contribution in [0.4, 0.5) is 5.69 Å². The zero-order chi connectivity index (χ0) is 15.0. The van der Waals surface area contributed by atoms with Crippen LogP contribution in [0.2, 0.25) is 5.02 Å². The highest BCUT2D eigenvalue weighted by atomic mass is 79.9. The third-order valence-corrected chi connectivity index (χ3v) is 4.32. The van der Waals surface area contributed by atoms with Gasteiger partial charge in [0, 0.05) is 27.3 Å². The lowest BCUT2D eigenvalue weighted by Crippen LogP contribution is -2.00. The largest absolute Gasteiger partial charge is 0.399 e. The first kappa shape index (κ1) is 14.4. The predicted molar refractivity (Wildman–Crippen MR) is 92.6 cm³/mol. The molecule has 2 N–H and O–H groups in total. The molecule has 0 saturated carbocycles. The number of halogens is 2. The summed E-state index contributed by atoms with van der Waals surface area (Å²) in [5.41, 5.74) is 9.64. The average Bonchev–Trinajstić information content (AvgIpc) is 2.80. The Bertz CT molecular complexity index is 811. The highest BCUT2D eigenvalue weighted by molar-refractivity contribution is 9.10. The number of imidazole rings is 1. The summed E-state index contributed by atoms with van der Waals surface area (Å²) in [5, 5.41) is 0.696. The Morgan fingerprint density at radius 3 is 2.81 bits per heavy atom. The number of aryl methyl sites for hydroxylation is 1. The van der Waals surface area contributed by atoms with Gasteiger partial charge in [0.05, 0.1) is 11.0 Å². The fourth-order valence-corrected chi connectivity index (χ4v) is 3.06. The van der Waals surface area contributed by atoms with Crippen molar-refractivity contribution in [2.45, 2.75) is 19.9 Å². The quantitative estimate of drug-likeness (QED) is 0.656. The van der Waals surface area contributed by atoms with Crippen LogP contribution in [0.1, 0.15) is 13.3 Å². The Kier molecular flexibility index (Phi) is 3.91. The molecular formula is C16H15BrClN3. The van der Waals surface area contributed by atoms with Crippen molar-refractivity contribution in [2.75, 3.05) is 5.73 Å². The van der Waals surface area contributed by atoms with Crippen LogP contribution in [0.5, 0.6) is 0 Å². The third kappa shape index (κ3) is 2.65. The van der Waals surface area contributed by atoms with Gasteiger partial charge in [0.15, 0.2) is 0 Å². The second-order valence-corrected chi connectivity index (χ2v) is 6.25. The van der Waals surface area contributed by atoms with Gasteiger partial charge in [-0.2, -0.15) is 0 Å². The van der Waals surface area contributed by atoms with Crippen molar-refractivity contribution < 1.29 is 0 Å². The number of rotatable bonds is 3. The molecule has 0 atom stereocenters. The normalized spacial score (nSPS) is 11.2. The van der Waals surface area contributed by atoms with Crippen LogP contribution < -0.4 is 5.73 Å². The summed E-state index contributed by atoms with van der Waals surface area (Å²) in [5.74, 6) is 0.910. The number of hydrogen-bond donors (Lipinski definition) is 1. The first-order valence-electron chi connectivity index (χ1n) is 6.81. The van der Waals surface area contributed by atoms with Gasteiger partial charge in [-0.15, -0.1) is 0 Å². The number of anilines is 1. The van der Waals surface area contributed by atoms with Crippen LogP contribution in [0.25, 0.3) is 22.4 Å². The molecule has 0 fully saturated rings. The molecule has 0 saturated heterocycles. The maximum absolute atomic E-state index is 6.08. The summed E-state index contributed by atoms with van der Waals surface area (Å²) in [4.78, 5) is 4.76. The number of fused-ring (bicyclic) bond motifs is 1. The number of nitrogens with zero attached hydrogens (tertiary/aromatic N) is 2. The van der Waals surface area contributed by atoms with Gasteiger partial charge in [0.1, 0.15) is 5.82 Å². The van der Waals surface area contributed by atoms with Crippen molar-refractivity contribution in [3.05, 3.63) is 45.9 Å². The predicted octanol–water partition coefficient (Wildman–Crippen LogP) is 5.11. The minimum Gasteiger partial charge on any atom is -0.399 e. The summed E-state index contributed by atoms with van der Waals surface area (Å²) in [7, 11) is 0. The van der Waals surface area contributed by atoms with Crippen molar-refractivity contribution in [1.82, 2.24) is 9.55 Å². The zero-order valence-corrected chi connectivity index (χ0v) is 13.9. The molecule has 0 bridgehead atoms. The molecule has 0 spiro atoms. The Hall–Kier alpha value is -1.52. The third-order valence-electron chi connectivity index (χ3n) is 3.39. The van der Waals surface area contributed by atoms with E-state index in [-0.39, 0.29) is 0 Å². The molecule has 0 aliphatic heterocycles. The van der Waals surface area contributed by atoms with Gasteiger partial charge in [0.2, 0.25) is 0 Å². The molecule has 0 amide bonds. The summed E-state index contributed by atoms with van der Waals surface area (Å²) >= 11 is 9.67. The van der Waals surface area contributed by atoms with Gasteiger partial charge in [-0.3, -0.25) is 0 Å². The Morgan fingerprint density at radius 1 is 1.24 bits per heavy atom. The molecule has 3 rings (SSSR count). The molecule has 3 nitrogen and oxygen atoms in total. The molecule has 0 aliphatic carbocycles. The maximum atomic E-state index is 6.08. The fourth-order valence-electron chi connectivity index (χ4n) is 2.47. The van der Waals surface area contributed by atoms with Crippen LogP contribution in [0.15, 0.2) is 40.9 Å². The number of nitrogens with two attached hydrogens (primary N) is 1. The summed E-state index contributed by atoms with van der Waals surface area (Å²) in [6.07, 6.45) is 1.03. The second kappa shape index (κ2) is 5.70. The van der Waals surface area contributed by atoms with Crippen molar-refractivity contribution in [3.8, 4) is 11.4 Å². The molecule has 5 heteroatoms. The van der Waals surface area contributed by atoms with Crippen molar-refractivity contribution in [1.29, 1.82) is 0 Å². The van der Waals surface area contributed by atoms with E-state index in [4.69, 9.17) is 22.3 Å². The Morgan fingerprint density at radius 2 is 2.05 bits per heavy atom. The molecule has 21 heavy (non-hydrogen) atoms. The van der Waals surface area contributed by atoms with E-state index in [1.165, 1.54) is 0 Å². The lowest BCUT2D eigenvalue weighted by molar-refractivity contribution is 0.704. The number of benzene rings is 2. The molecule has 3 aromatic rings. The zero-order valence-electron chi connectivity index (χ0n) is 11.6. The second-order valence-electron chi connectivity index (χ2n) is 4.96. The first-order chi connectivity index (χ1) is 10.1. The van der Waals surface area contributed by atoms with Crippen LogP contribution in [0, 0.1) is 0 Å². The molecule has 1 heterocycles. The number of aromatic nitrogens is 2. The lowest BCUT2D eigenvalue weighted by atomic mass is 10.2. The molecule has 0 unspecified atom stereocenters. The topological polar surface area (TPSA) is 43.8 Å². The minimum absolute atomic E-state index is 0.696. The van der Waals surface area contributed by atoms with Gasteiger partial charge in [-0.25, -0.2) is 4.98 Å². The standard InChI is InChI=1S/C16H15BrClN3/c1-2-7-21-15-6-3-10(18)8-14(15)20-16(21)12-9-11(19)4-5-13(12)17/h3-6,8-9H,2,7,19H2,1H3. The van der Waals surface area contributed by atoms with Gasteiger partial charge in [-0.1, -0.05) is 34.5 Å². The van der Waals surface area contributed by atoms with Crippen LogP contribution in [-0.4, -0.2) is 9.55 Å². The average molecular weight is 365 g/mol. The lowest BCUT2D eigenvalue weighted by Gasteiger charge is -2.10. The molecular weight excluding hydrogens is 350 g/mol. The van der Waals surface area contributed by atoms with Crippen LogP contribution in [-0.2, 0) is 6.54 Å².